The average Bonchev–Trinajstić information content (AvgIpc) is 2.57. The molecule has 0 spiro atoms. The zero-order chi connectivity index (χ0) is 9.10. The first-order chi connectivity index (χ1) is 6.34. The molecule has 2 saturated carbocycles. The predicted octanol–water partition coefficient (Wildman–Crippen LogP) is 1.82. The van der Waals surface area contributed by atoms with E-state index in [1.54, 1.807) is 0 Å². The Labute approximate surface area is 80.7 Å². The molecule has 13 heavy (non-hydrogen) atoms. The van der Waals surface area contributed by atoms with Crippen molar-refractivity contribution in [3.05, 3.63) is 0 Å². The van der Waals surface area contributed by atoms with E-state index in [1.165, 1.54) is 38.5 Å². The molecule has 2 heteroatoms. The molecule has 2 N–H and O–H groups in total. The van der Waals surface area contributed by atoms with Gasteiger partial charge in [-0.05, 0) is 38.5 Å². The third-order valence-corrected chi connectivity index (χ3v) is 3.47. The first-order valence-corrected chi connectivity index (χ1v) is 5.79. The van der Waals surface area contributed by atoms with Gasteiger partial charge in [0, 0.05) is 12.1 Å². The number of nitrogens with one attached hydrogen (secondary N) is 1. The minimum Gasteiger partial charge on any atom is -0.393 e. The van der Waals surface area contributed by atoms with Crippen molar-refractivity contribution in [3.8, 4) is 0 Å². The topological polar surface area (TPSA) is 32.3 Å². The van der Waals surface area contributed by atoms with Gasteiger partial charge in [-0.15, -0.1) is 0 Å². The van der Waals surface area contributed by atoms with Crippen LogP contribution in [0, 0.1) is 0 Å². The van der Waals surface area contributed by atoms with Crippen LogP contribution >= 0.6 is 0 Å². The lowest BCUT2D eigenvalue weighted by atomic mass is 9.92. The Balaban J connectivity index is 1.73. The van der Waals surface area contributed by atoms with Gasteiger partial charge in [-0.2, -0.15) is 0 Å². The van der Waals surface area contributed by atoms with Crippen molar-refractivity contribution in [1.82, 2.24) is 5.32 Å². The Morgan fingerprint density at radius 3 is 2.23 bits per heavy atom. The normalized spacial score (nSPS) is 36.7. The number of rotatable bonds is 2. The van der Waals surface area contributed by atoms with Crippen LogP contribution in [-0.4, -0.2) is 23.3 Å². The Kier molecular flexibility index (Phi) is 3.23. The molecule has 0 saturated heterocycles. The molecule has 2 unspecified atom stereocenters. The van der Waals surface area contributed by atoms with E-state index in [1.807, 2.05) is 0 Å². The fourth-order valence-electron chi connectivity index (χ4n) is 2.74. The molecule has 0 aliphatic heterocycles. The van der Waals surface area contributed by atoms with Crippen molar-refractivity contribution in [3.63, 3.8) is 0 Å². The van der Waals surface area contributed by atoms with E-state index >= 15 is 0 Å². The first kappa shape index (κ1) is 9.47. The van der Waals surface area contributed by atoms with Crippen molar-refractivity contribution < 1.29 is 5.11 Å². The van der Waals surface area contributed by atoms with Crippen LogP contribution in [0.1, 0.15) is 51.4 Å². The van der Waals surface area contributed by atoms with E-state index in [-0.39, 0.29) is 6.10 Å². The quantitative estimate of drug-likeness (QED) is 0.684. The van der Waals surface area contributed by atoms with Gasteiger partial charge in [0.25, 0.3) is 0 Å². The molecular weight excluding hydrogens is 162 g/mol. The fourth-order valence-corrected chi connectivity index (χ4v) is 2.74. The van der Waals surface area contributed by atoms with Crippen LogP contribution in [-0.2, 0) is 0 Å². The van der Waals surface area contributed by atoms with Crippen LogP contribution < -0.4 is 5.32 Å². The molecular formula is C11H21NO. The maximum absolute atomic E-state index is 9.51. The van der Waals surface area contributed by atoms with Crippen molar-refractivity contribution in [2.45, 2.75) is 69.6 Å². The molecule has 0 heterocycles. The zero-order valence-corrected chi connectivity index (χ0v) is 8.34. The van der Waals surface area contributed by atoms with Crippen LogP contribution in [0.4, 0.5) is 0 Å². The fraction of sp³-hybridized carbons (Fsp3) is 1.00. The maximum Gasteiger partial charge on any atom is 0.0555 e. The molecule has 0 aromatic rings. The molecule has 76 valence electrons. The van der Waals surface area contributed by atoms with Crippen molar-refractivity contribution in [1.29, 1.82) is 0 Å². The lowest BCUT2D eigenvalue weighted by Crippen LogP contribution is -2.41. The standard InChI is InChI=1S/C11H21NO/c13-11-7-3-6-10(8-11)12-9-4-1-2-5-9/h9-13H,1-8H2. The minimum atomic E-state index is -0.0346. The molecule has 2 rings (SSSR count). The van der Waals surface area contributed by atoms with Crippen LogP contribution in [0.3, 0.4) is 0 Å². The van der Waals surface area contributed by atoms with E-state index in [0.29, 0.717) is 6.04 Å². The summed E-state index contributed by atoms with van der Waals surface area (Å²) in [5.41, 5.74) is 0. The summed E-state index contributed by atoms with van der Waals surface area (Å²) in [6.07, 6.45) is 9.94. The highest BCUT2D eigenvalue weighted by atomic mass is 16.3. The SMILES string of the molecule is OC1CCCC(NC2CCCC2)C1. The lowest BCUT2D eigenvalue weighted by Gasteiger charge is -2.29. The number of hydrogen-bond donors (Lipinski definition) is 2. The van der Waals surface area contributed by atoms with Gasteiger partial charge in [-0.1, -0.05) is 12.8 Å². The summed E-state index contributed by atoms with van der Waals surface area (Å²) in [5.74, 6) is 0. The Morgan fingerprint density at radius 1 is 0.846 bits per heavy atom. The molecule has 0 aromatic carbocycles. The average molecular weight is 183 g/mol. The van der Waals surface area contributed by atoms with Gasteiger partial charge in [0.05, 0.1) is 6.10 Å². The van der Waals surface area contributed by atoms with Gasteiger partial charge >= 0.3 is 0 Å². The number of aliphatic hydroxyl groups excluding tert-OH is 1. The summed E-state index contributed by atoms with van der Waals surface area (Å²) in [7, 11) is 0. The van der Waals surface area contributed by atoms with Gasteiger partial charge in [0.2, 0.25) is 0 Å². The van der Waals surface area contributed by atoms with Gasteiger partial charge in [-0.3, -0.25) is 0 Å². The summed E-state index contributed by atoms with van der Waals surface area (Å²) >= 11 is 0. The van der Waals surface area contributed by atoms with E-state index in [9.17, 15) is 5.11 Å². The third-order valence-electron chi connectivity index (χ3n) is 3.47. The van der Waals surface area contributed by atoms with E-state index in [4.69, 9.17) is 0 Å². The number of aliphatic hydroxyl groups is 1. The van der Waals surface area contributed by atoms with Gasteiger partial charge in [0.1, 0.15) is 0 Å². The minimum absolute atomic E-state index is 0.0346. The lowest BCUT2D eigenvalue weighted by molar-refractivity contribution is 0.109. The summed E-state index contributed by atoms with van der Waals surface area (Å²) in [4.78, 5) is 0. The second kappa shape index (κ2) is 4.43. The first-order valence-electron chi connectivity index (χ1n) is 5.79. The summed E-state index contributed by atoms with van der Waals surface area (Å²) < 4.78 is 0. The molecule has 0 radical (unpaired) electrons. The van der Waals surface area contributed by atoms with Crippen LogP contribution in [0.25, 0.3) is 0 Å². The molecule has 2 aliphatic rings. The van der Waals surface area contributed by atoms with E-state index < -0.39 is 0 Å². The van der Waals surface area contributed by atoms with Crippen molar-refractivity contribution in [2.75, 3.05) is 0 Å². The highest BCUT2D eigenvalue weighted by Crippen LogP contribution is 2.23. The molecule has 0 amide bonds. The van der Waals surface area contributed by atoms with Crippen LogP contribution in [0.15, 0.2) is 0 Å². The molecule has 2 fully saturated rings. The van der Waals surface area contributed by atoms with Crippen LogP contribution in [0.5, 0.6) is 0 Å². The van der Waals surface area contributed by atoms with E-state index in [2.05, 4.69) is 5.32 Å². The van der Waals surface area contributed by atoms with E-state index in [0.717, 1.165) is 18.9 Å². The van der Waals surface area contributed by atoms with Gasteiger partial charge < -0.3 is 10.4 Å². The zero-order valence-electron chi connectivity index (χ0n) is 8.34. The summed E-state index contributed by atoms with van der Waals surface area (Å²) in [6.45, 7) is 0. The molecule has 0 aromatic heterocycles. The largest absolute Gasteiger partial charge is 0.393 e. The number of hydrogen-bond acceptors (Lipinski definition) is 2. The predicted molar refractivity (Wildman–Crippen MR) is 53.7 cm³/mol. The Bertz CT molecular complexity index is 154. The van der Waals surface area contributed by atoms with Crippen molar-refractivity contribution >= 4 is 0 Å². The molecule has 2 nitrogen and oxygen atoms in total. The highest BCUT2D eigenvalue weighted by Gasteiger charge is 2.23. The summed E-state index contributed by atoms with van der Waals surface area (Å²) in [6, 6.07) is 1.36. The third kappa shape index (κ3) is 2.68. The summed E-state index contributed by atoms with van der Waals surface area (Å²) in [5, 5.41) is 13.2. The monoisotopic (exact) mass is 183 g/mol. The smallest absolute Gasteiger partial charge is 0.0555 e. The van der Waals surface area contributed by atoms with Crippen molar-refractivity contribution in [2.24, 2.45) is 0 Å². The van der Waals surface area contributed by atoms with Gasteiger partial charge in [-0.25, -0.2) is 0 Å². The van der Waals surface area contributed by atoms with Crippen LogP contribution in [0.2, 0.25) is 0 Å². The van der Waals surface area contributed by atoms with Gasteiger partial charge in [0.15, 0.2) is 0 Å². The second-order valence-corrected chi connectivity index (χ2v) is 4.67. The molecule has 2 aliphatic carbocycles. The molecule has 2 atom stereocenters. The molecule has 0 bridgehead atoms. The highest BCUT2D eigenvalue weighted by molar-refractivity contribution is 4.83. The Hall–Kier alpha value is -0.0800. The maximum atomic E-state index is 9.51. The Morgan fingerprint density at radius 2 is 1.54 bits per heavy atom. The second-order valence-electron chi connectivity index (χ2n) is 4.67.